The van der Waals surface area contributed by atoms with Crippen LogP contribution in [0.1, 0.15) is 16.1 Å². The Kier molecular flexibility index (Phi) is 4.99. The molecule has 0 unspecified atom stereocenters. The molecule has 0 aliphatic carbocycles. The fourth-order valence-corrected chi connectivity index (χ4v) is 5.49. The van der Waals surface area contributed by atoms with Gasteiger partial charge < -0.3 is 0 Å². The standard InChI is InChI=1S/C22H18ClN3S2/c23-17-5-3-15(4-6-17)22-24-12-16-13-26(10-9-19(16)25-22)14-18-7-8-21(28-18)20-2-1-11-27-20/h1-8,11-12H,9-10,13-14H2. The molecule has 0 bridgehead atoms. The van der Waals surface area contributed by atoms with Crippen molar-refractivity contribution in [1.29, 1.82) is 0 Å². The van der Waals surface area contributed by atoms with Crippen LogP contribution in [0, 0.1) is 0 Å². The molecule has 5 rings (SSSR count). The van der Waals surface area contributed by atoms with Crippen LogP contribution in [0.5, 0.6) is 0 Å². The summed E-state index contributed by atoms with van der Waals surface area (Å²) in [4.78, 5) is 16.0. The molecule has 28 heavy (non-hydrogen) atoms. The summed E-state index contributed by atoms with van der Waals surface area (Å²) in [6.07, 6.45) is 2.95. The van der Waals surface area contributed by atoms with Crippen LogP contribution in [0.15, 0.2) is 60.1 Å². The van der Waals surface area contributed by atoms with Gasteiger partial charge in [-0.05, 0) is 47.8 Å². The number of aromatic nitrogens is 2. The Morgan fingerprint density at radius 2 is 1.93 bits per heavy atom. The van der Waals surface area contributed by atoms with Crippen molar-refractivity contribution in [2.75, 3.05) is 6.54 Å². The minimum absolute atomic E-state index is 0.730. The molecule has 1 aliphatic heterocycles. The van der Waals surface area contributed by atoms with Gasteiger partial charge in [0.2, 0.25) is 0 Å². The summed E-state index contributed by atoms with van der Waals surface area (Å²) in [6, 6.07) is 16.5. The van der Waals surface area contributed by atoms with Crippen molar-refractivity contribution < 1.29 is 0 Å². The molecule has 140 valence electrons. The first-order chi connectivity index (χ1) is 13.7. The maximum absolute atomic E-state index is 5.98. The second-order valence-corrected chi connectivity index (χ2v) is 9.43. The van der Waals surface area contributed by atoms with Crippen LogP contribution in [-0.2, 0) is 19.5 Å². The van der Waals surface area contributed by atoms with Crippen molar-refractivity contribution in [1.82, 2.24) is 14.9 Å². The highest BCUT2D eigenvalue weighted by Crippen LogP contribution is 2.32. The van der Waals surface area contributed by atoms with E-state index in [1.807, 2.05) is 41.8 Å². The maximum atomic E-state index is 5.98. The average molecular weight is 424 g/mol. The van der Waals surface area contributed by atoms with Crippen LogP contribution in [0.25, 0.3) is 21.1 Å². The zero-order valence-corrected chi connectivity index (χ0v) is 17.5. The van der Waals surface area contributed by atoms with Gasteiger partial charge in [0.05, 0.1) is 5.69 Å². The first-order valence-corrected chi connectivity index (χ1v) is 11.3. The van der Waals surface area contributed by atoms with Gasteiger partial charge in [-0.3, -0.25) is 4.90 Å². The van der Waals surface area contributed by atoms with Gasteiger partial charge in [0.25, 0.3) is 0 Å². The van der Waals surface area contributed by atoms with Crippen LogP contribution in [0.3, 0.4) is 0 Å². The second-order valence-electron chi connectivity index (χ2n) is 6.88. The summed E-state index contributed by atoms with van der Waals surface area (Å²) in [7, 11) is 0. The van der Waals surface area contributed by atoms with Crippen molar-refractivity contribution in [2.45, 2.75) is 19.5 Å². The highest BCUT2D eigenvalue weighted by molar-refractivity contribution is 7.21. The van der Waals surface area contributed by atoms with E-state index in [2.05, 4.69) is 39.5 Å². The average Bonchev–Trinajstić information content (AvgIpc) is 3.40. The third-order valence-electron chi connectivity index (χ3n) is 4.92. The zero-order valence-electron chi connectivity index (χ0n) is 15.1. The van der Waals surface area contributed by atoms with E-state index in [0.29, 0.717) is 0 Å². The number of halogens is 1. The van der Waals surface area contributed by atoms with Crippen molar-refractivity contribution in [3.05, 3.63) is 81.3 Å². The largest absolute Gasteiger partial charge is 0.293 e. The van der Waals surface area contributed by atoms with E-state index >= 15 is 0 Å². The van der Waals surface area contributed by atoms with Crippen LogP contribution in [0.2, 0.25) is 5.02 Å². The Morgan fingerprint density at radius 3 is 2.75 bits per heavy atom. The molecule has 0 N–H and O–H groups in total. The number of fused-ring (bicyclic) bond motifs is 1. The minimum atomic E-state index is 0.730. The molecule has 3 nitrogen and oxygen atoms in total. The third-order valence-corrected chi connectivity index (χ3v) is 7.31. The molecule has 1 aromatic carbocycles. The molecule has 0 fully saturated rings. The summed E-state index contributed by atoms with van der Waals surface area (Å²) in [5.74, 6) is 0.780. The number of nitrogens with zero attached hydrogens (tertiary/aromatic N) is 3. The van der Waals surface area contributed by atoms with E-state index in [-0.39, 0.29) is 0 Å². The van der Waals surface area contributed by atoms with Crippen molar-refractivity contribution in [3.8, 4) is 21.1 Å². The Balaban J connectivity index is 1.30. The first kappa shape index (κ1) is 18.0. The summed E-state index contributed by atoms with van der Waals surface area (Å²) >= 11 is 9.67. The van der Waals surface area contributed by atoms with Gasteiger partial charge in [-0.15, -0.1) is 22.7 Å². The van der Waals surface area contributed by atoms with Gasteiger partial charge in [-0.25, -0.2) is 9.97 Å². The molecule has 0 saturated carbocycles. The summed E-state index contributed by atoms with van der Waals surface area (Å²) in [6.45, 7) is 2.91. The second kappa shape index (κ2) is 7.76. The Bertz CT molecular complexity index is 1090. The quantitative estimate of drug-likeness (QED) is 0.394. The van der Waals surface area contributed by atoms with Gasteiger partial charge in [0, 0.05) is 63.0 Å². The lowest BCUT2D eigenvalue weighted by Gasteiger charge is -2.27. The predicted octanol–water partition coefficient (Wildman–Crippen LogP) is 6.15. The Hall–Kier alpha value is -2.05. The van der Waals surface area contributed by atoms with Crippen LogP contribution in [-0.4, -0.2) is 21.4 Å². The zero-order chi connectivity index (χ0) is 18.9. The normalized spacial score (nSPS) is 14.2. The van der Waals surface area contributed by atoms with Gasteiger partial charge >= 0.3 is 0 Å². The molecular formula is C22H18ClN3S2. The van der Waals surface area contributed by atoms with E-state index in [1.165, 1.54) is 25.9 Å². The molecule has 0 amide bonds. The van der Waals surface area contributed by atoms with E-state index in [4.69, 9.17) is 16.6 Å². The number of rotatable bonds is 4. The van der Waals surface area contributed by atoms with Crippen molar-refractivity contribution in [3.63, 3.8) is 0 Å². The molecule has 0 atom stereocenters. The molecular weight excluding hydrogens is 406 g/mol. The number of hydrogen-bond donors (Lipinski definition) is 0. The molecule has 4 heterocycles. The molecule has 3 aromatic heterocycles. The minimum Gasteiger partial charge on any atom is -0.293 e. The third kappa shape index (κ3) is 3.76. The molecule has 0 radical (unpaired) electrons. The number of hydrogen-bond acceptors (Lipinski definition) is 5. The Labute approximate surface area is 177 Å². The van der Waals surface area contributed by atoms with Gasteiger partial charge in [-0.1, -0.05) is 17.7 Å². The van der Waals surface area contributed by atoms with Crippen LogP contribution >= 0.6 is 34.3 Å². The molecule has 0 spiro atoms. The monoisotopic (exact) mass is 423 g/mol. The lowest BCUT2D eigenvalue weighted by Crippen LogP contribution is -2.30. The predicted molar refractivity (Wildman–Crippen MR) is 118 cm³/mol. The summed E-state index contributed by atoms with van der Waals surface area (Å²) in [5, 5.41) is 2.86. The maximum Gasteiger partial charge on any atom is 0.159 e. The molecule has 4 aromatic rings. The van der Waals surface area contributed by atoms with E-state index in [0.717, 1.165) is 42.5 Å². The SMILES string of the molecule is Clc1ccc(-c2ncc3c(n2)CCN(Cc2ccc(-c4cccs4)s2)C3)cc1. The van der Waals surface area contributed by atoms with Crippen molar-refractivity contribution >= 4 is 34.3 Å². The van der Waals surface area contributed by atoms with E-state index in [9.17, 15) is 0 Å². The lowest BCUT2D eigenvalue weighted by molar-refractivity contribution is 0.245. The van der Waals surface area contributed by atoms with Gasteiger partial charge in [0.15, 0.2) is 5.82 Å². The smallest absolute Gasteiger partial charge is 0.159 e. The highest BCUT2D eigenvalue weighted by Gasteiger charge is 2.19. The number of thiophene rings is 2. The van der Waals surface area contributed by atoms with Gasteiger partial charge in [-0.2, -0.15) is 0 Å². The number of benzene rings is 1. The summed E-state index contributed by atoms with van der Waals surface area (Å²) < 4.78 is 0. The molecule has 1 aliphatic rings. The lowest BCUT2D eigenvalue weighted by atomic mass is 10.1. The molecule has 6 heteroatoms. The van der Waals surface area contributed by atoms with Crippen molar-refractivity contribution in [2.24, 2.45) is 0 Å². The first-order valence-electron chi connectivity index (χ1n) is 9.20. The topological polar surface area (TPSA) is 29.0 Å². The van der Waals surface area contributed by atoms with Gasteiger partial charge in [0.1, 0.15) is 0 Å². The van der Waals surface area contributed by atoms with Crippen LogP contribution < -0.4 is 0 Å². The van der Waals surface area contributed by atoms with Crippen LogP contribution in [0.4, 0.5) is 0 Å². The van der Waals surface area contributed by atoms with E-state index < -0.39 is 0 Å². The highest BCUT2D eigenvalue weighted by atomic mass is 35.5. The Morgan fingerprint density at radius 1 is 1.04 bits per heavy atom. The van der Waals surface area contributed by atoms with E-state index in [1.54, 1.807) is 11.3 Å². The molecule has 0 saturated heterocycles. The fraction of sp³-hybridized carbons (Fsp3) is 0.182. The summed E-state index contributed by atoms with van der Waals surface area (Å²) in [5.41, 5.74) is 3.41. The fourth-order valence-electron chi connectivity index (χ4n) is 3.48.